The van der Waals surface area contributed by atoms with Crippen molar-refractivity contribution in [1.29, 1.82) is 0 Å². The van der Waals surface area contributed by atoms with E-state index in [4.69, 9.17) is 4.52 Å². The normalized spacial score (nSPS) is 13.1. The number of carbonyl (C=O) groups is 2. The number of benzene rings is 4. The third kappa shape index (κ3) is 3.92. The van der Waals surface area contributed by atoms with E-state index < -0.39 is 12.5 Å². The molecule has 4 rings (SSSR count). The van der Waals surface area contributed by atoms with Gasteiger partial charge in [0.1, 0.15) is 0 Å². The second-order valence-electron chi connectivity index (χ2n) is 8.99. The molecule has 0 saturated heterocycles. The van der Waals surface area contributed by atoms with E-state index in [0.29, 0.717) is 12.9 Å². The minimum atomic E-state index is -4.17. The SMILES string of the molecule is CCC(C(=O)Nc1c(C)cccc1C)P(OC=O)(c1ccccc1)(c1ccccc1)c1ccccc1. The second kappa shape index (κ2) is 10.5. The molecule has 36 heavy (non-hydrogen) atoms. The van der Waals surface area contributed by atoms with Crippen molar-refractivity contribution in [2.24, 2.45) is 0 Å². The van der Waals surface area contributed by atoms with Crippen LogP contribution in [-0.2, 0) is 14.1 Å². The molecule has 0 aliphatic carbocycles. The van der Waals surface area contributed by atoms with Gasteiger partial charge in [-0.15, -0.1) is 0 Å². The van der Waals surface area contributed by atoms with Gasteiger partial charge in [-0.05, 0) is 0 Å². The van der Waals surface area contributed by atoms with Gasteiger partial charge in [-0.1, -0.05) is 0 Å². The molecule has 1 atom stereocenters. The van der Waals surface area contributed by atoms with Crippen LogP contribution in [0.15, 0.2) is 109 Å². The summed E-state index contributed by atoms with van der Waals surface area (Å²) in [7, 11) is 0. The van der Waals surface area contributed by atoms with Gasteiger partial charge in [0.05, 0.1) is 0 Å². The van der Waals surface area contributed by atoms with E-state index in [2.05, 4.69) is 5.32 Å². The van der Waals surface area contributed by atoms with Crippen molar-refractivity contribution in [3.63, 3.8) is 0 Å². The van der Waals surface area contributed by atoms with Crippen LogP contribution in [0.25, 0.3) is 0 Å². The second-order valence-corrected chi connectivity index (χ2v) is 13.6. The van der Waals surface area contributed by atoms with E-state index in [1.807, 2.05) is 130 Å². The van der Waals surface area contributed by atoms with Crippen LogP contribution in [0.1, 0.15) is 24.5 Å². The molecule has 0 aliphatic heterocycles. The Morgan fingerprint density at radius 3 is 1.53 bits per heavy atom. The Kier molecular flexibility index (Phi) is 7.37. The number of aryl methyl sites for hydroxylation is 2. The molecule has 4 aromatic rings. The quantitative estimate of drug-likeness (QED) is 0.241. The molecular weight excluding hydrogens is 465 g/mol. The van der Waals surface area contributed by atoms with Gasteiger partial charge in [0.25, 0.3) is 0 Å². The van der Waals surface area contributed by atoms with E-state index >= 15 is 0 Å². The van der Waals surface area contributed by atoms with Gasteiger partial charge in [0.2, 0.25) is 0 Å². The van der Waals surface area contributed by atoms with E-state index in [9.17, 15) is 9.59 Å². The summed E-state index contributed by atoms with van der Waals surface area (Å²) >= 11 is 0. The number of amides is 1. The van der Waals surface area contributed by atoms with Gasteiger partial charge in [-0.25, -0.2) is 0 Å². The van der Waals surface area contributed by atoms with Gasteiger partial charge in [-0.2, -0.15) is 0 Å². The standard InChI is InChI=1S/C31H32NO3P/c1-4-29(31(34)32-30-24(2)15-14-16-25(30)3)36(35-23-33,26-17-8-5-9-18-26,27-19-10-6-11-20-27)28-21-12-7-13-22-28/h5-23,29H,4H2,1-3H3,(H,32,34). The van der Waals surface area contributed by atoms with Gasteiger partial charge in [0.15, 0.2) is 0 Å². The minimum absolute atomic E-state index is 0.175. The topological polar surface area (TPSA) is 55.4 Å². The van der Waals surface area contributed by atoms with Crippen molar-refractivity contribution in [3.8, 4) is 0 Å². The number of hydrogen-bond acceptors (Lipinski definition) is 3. The summed E-state index contributed by atoms with van der Waals surface area (Å²) in [6, 6.07) is 35.3. The van der Waals surface area contributed by atoms with Crippen molar-refractivity contribution >= 4 is 40.8 Å². The number of carbonyl (C=O) groups excluding carboxylic acids is 2. The first-order chi connectivity index (χ1) is 17.5. The van der Waals surface area contributed by atoms with Crippen molar-refractivity contribution in [2.45, 2.75) is 32.9 Å². The summed E-state index contributed by atoms with van der Waals surface area (Å²) in [5, 5.41) is 5.72. The molecule has 1 unspecified atom stereocenters. The molecule has 1 N–H and O–H groups in total. The molecule has 184 valence electrons. The van der Waals surface area contributed by atoms with E-state index in [-0.39, 0.29) is 5.91 Å². The maximum atomic E-state index is 14.4. The predicted octanol–water partition coefficient (Wildman–Crippen LogP) is 5.64. The Bertz CT molecular complexity index is 1220. The molecular formula is C31H32NO3P. The maximum absolute atomic E-state index is 14.4. The molecule has 0 bridgehead atoms. The first-order valence-corrected chi connectivity index (χ1v) is 14.4. The molecule has 5 heteroatoms. The Labute approximate surface area is 213 Å². The molecule has 0 saturated carbocycles. The van der Waals surface area contributed by atoms with Gasteiger partial charge < -0.3 is 0 Å². The molecule has 4 nitrogen and oxygen atoms in total. The zero-order valence-corrected chi connectivity index (χ0v) is 21.8. The van der Waals surface area contributed by atoms with Gasteiger partial charge in [-0.3, -0.25) is 0 Å². The fraction of sp³-hybridized carbons (Fsp3) is 0.161. The molecule has 0 aliphatic rings. The van der Waals surface area contributed by atoms with Crippen LogP contribution < -0.4 is 21.2 Å². The van der Waals surface area contributed by atoms with E-state index in [0.717, 1.165) is 32.7 Å². The first kappa shape index (κ1) is 25.3. The van der Waals surface area contributed by atoms with E-state index in [1.54, 1.807) is 0 Å². The number of anilines is 1. The summed E-state index contributed by atoms with van der Waals surface area (Å²) in [6.45, 7) is 2.31. The Morgan fingerprint density at radius 1 is 0.750 bits per heavy atom. The molecule has 4 aromatic carbocycles. The third-order valence-electron chi connectivity index (χ3n) is 7.08. The van der Waals surface area contributed by atoms with Crippen molar-refractivity contribution < 1.29 is 14.1 Å². The molecule has 1 amide bonds. The van der Waals surface area contributed by atoms with Crippen LogP contribution in [0, 0.1) is 13.8 Å². The van der Waals surface area contributed by atoms with Crippen LogP contribution in [0.5, 0.6) is 0 Å². The van der Waals surface area contributed by atoms with Crippen LogP contribution >= 0.6 is 6.83 Å². The summed E-state index contributed by atoms with van der Waals surface area (Å²) in [4.78, 5) is 27.0. The van der Waals surface area contributed by atoms with Crippen LogP contribution in [0.2, 0.25) is 0 Å². The summed E-state index contributed by atoms with van der Waals surface area (Å²) in [5.41, 5.74) is 2.08. The molecule has 0 spiro atoms. The number of nitrogens with one attached hydrogen (secondary N) is 1. The fourth-order valence-electron chi connectivity index (χ4n) is 5.48. The summed E-state index contributed by atoms with van der Waals surface area (Å²) in [6.07, 6.45) is 0.459. The number of para-hydroxylation sites is 1. The Morgan fingerprint density at radius 2 is 1.17 bits per heavy atom. The summed E-state index contributed by atoms with van der Waals surface area (Å²) in [5.74, 6) is -0.175. The first-order valence-electron chi connectivity index (χ1n) is 12.2. The molecule has 0 fully saturated rings. The van der Waals surface area contributed by atoms with E-state index in [1.165, 1.54) is 0 Å². The third-order valence-corrected chi connectivity index (χ3v) is 13.4. The molecule has 0 radical (unpaired) electrons. The molecule has 0 heterocycles. The van der Waals surface area contributed by atoms with Gasteiger partial charge >= 0.3 is 213 Å². The zero-order valence-electron chi connectivity index (χ0n) is 20.9. The van der Waals surface area contributed by atoms with Crippen molar-refractivity contribution in [1.82, 2.24) is 0 Å². The van der Waals surface area contributed by atoms with Crippen LogP contribution in [-0.4, -0.2) is 18.0 Å². The predicted molar refractivity (Wildman–Crippen MR) is 151 cm³/mol. The zero-order chi connectivity index (χ0) is 25.6. The number of hydrogen-bond donors (Lipinski definition) is 1. The Hall–Kier alpha value is -3.75. The number of rotatable bonds is 9. The van der Waals surface area contributed by atoms with Crippen LogP contribution in [0.3, 0.4) is 0 Å². The Balaban J connectivity index is 2.12. The van der Waals surface area contributed by atoms with Crippen LogP contribution in [0.4, 0.5) is 5.69 Å². The fourth-order valence-corrected chi connectivity index (χ4v) is 11.6. The monoisotopic (exact) mass is 497 g/mol. The van der Waals surface area contributed by atoms with Gasteiger partial charge in [0, 0.05) is 0 Å². The average Bonchev–Trinajstić information content (AvgIpc) is 2.92. The van der Waals surface area contributed by atoms with Crippen molar-refractivity contribution in [3.05, 3.63) is 120 Å². The molecule has 0 aromatic heterocycles. The average molecular weight is 498 g/mol. The van der Waals surface area contributed by atoms with Crippen molar-refractivity contribution in [2.75, 3.05) is 5.32 Å². The summed E-state index contributed by atoms with van der Waals surface area (Å²) < 4.78 is 6.54.